The van der Waals surface area contributed by atoms with Crippen LogP contribution in [-0.4, -0.2) is 22.0 Å². The molecule has 0 heterocycles. The first-order chi connectivity index (χ1) is 20.6. The molecular formula is C31H28N4O8. The van der Waals surface area contributed by atoms with E-state index in [1.807, 2.05) is 24.3 Å². The van der Waals surface area contributed by atoms with Crippen molar-refractivity contribution in [2.45, 2.75) is 32.5 Å². The minimum atomic E-state index is -0.825. The highest BCUT2D eigenvalue weighted by atomic mass is 16.6. The second kappa shape index (κ2) is 13.7. The average Bonchev–Trinajstić information content (AvgIpc) is 2.99. The first-order valence-corrected chi connectivity index (χ1v) is 13.2. The molecule has 4 aromatic carbocycles. The molecule has 0 aliphatic heterocycles. The number of rotatable bonds is 10. The molecule has 0 aliphatic carbocycles. The summed E-state index contributed by atoms with van der Waals surface area (Å²) in [7, 11) is 0. The van der Waals surface area contributed by atoms with Crippen molar-refractivity contribution in [1.29, 1.82) is 0 Å². The standard InChI is InChI=1S/C31H28N4O8/c1-20(26-7-3-5-9-28(26)34(38)39)42-30(36)32-24-15-11-22(12-16-24)19-23-13-17-25(18-14-23)33-31(37)43-21(2)27-8-4-6-10-29(27)35(40)41/h3-18,20-21H,19H2,1-2H3,(H,32,36)(H,33,37). The molecule has 220 valence electrons. The molecule has 2 atom stereocenters. The predicted octanol–water partition coefficient (Wildman–Crippen LogP) is 7.71. The van der Waals surface area contributed by atoms with Gasteiger partial charge >= 0.3 is 12.2 Å². The van der Waals surface area contributed by atoms with Crippen molar-refractivity contribution in [1.82, 2.24) is 0 Å². The molecule has 12 nitrogen and oxygen atoms in total. The zero-order valence-corrected chi connectivity index (χ0v) is 23.3. The van der Waals surface area contributed by atoms with Crippen LogP contribution < -0.4 is 10.6 Å². The SMILES string of the molecule is CC(OC(=O)Nc1ccc(Cc2ccc(NC(=O)OC(C)c3ccccc3[N+](=O)[O-])cc2)cc1)c1ccccc1[N+](=O)[O-]. The molecule has 2 unspecified atom stereocenters. The number of hydrogen-bond donors (Lipinski definition) is 2. The van der Waals surface area contributed by atoms with Crippen molar-refractivity contribution in [2.75, 3.05) is 10.6 Å². The van der Waals surface area contributed by atoms with E-state index in [1.54, 1.807) is 74.5 Å². The highest BCUT2D eigenvalue weighted by Gasteiger charge is 2.22. The smallest absolute Gasteiger partial charge is 0.412 e. The first-order valence-electron chi connectivity index (χ1n) is 13.2. The number of nitrogens with one attached hydrogen (secondary N) is 2. The third kappa shape index (κ3) is 8.13. The largest absolute Gasteiger partial charge is 0.441 e. The third-order valence-corrected chi connectivity index (χ3v) is 6.52. The maximum Gasteiger partial charge on any atom is 0.412 e. The Morgan fingerprint density at radius 2 is 0.977 bits per heavy atom. The van der Waals surface area contributed by atoms with Gasteiger partial charge in [0.05, 0.1) is 21.0 Å². The average molecular weight is 585 g/mol. The summed E-state index contributed by atoms with van der Waals surface area (Å²) in [6, 6.07) is 26.4. The van der Waals surface area contributed by atoms with Crippen molar-refractivity contribution in [3.8, 4) is 0 Å². The van der Waals surface area contributed by atoms with E-state index in [2.05, 4.69) is 10.6 Å². The van der Waals surface area contributed by atoms with Gasteiger partial charge in [-0.05, 0) is 67.8 Å². The van der Waals surface area contributed by atoms with E-state index in [9.17, 15) is 29.8 Å². The number of para-hydroxylation sites is 2. The molecule has 0 aromatic heterocycles. The Morgan fingerprint density at radius 1 is 0.628 bits per heavy atom. The fraction of sp³-hybridized carbons (Fsp3) is 0.161. The van der Waals surface area contributed by atoms with Crippen LogP contribution in [0.2, 0.25) is 0 Å². The molecule has 4 rings (SSSR count). The summed E-state index contributed by atoms with van der Waals surface area (Å²) in [6.07, 6.45) is -2.55. The number of anilines is 2. The molecule has 0 fully saturated rings. The van der Waals surface area contributed by atoms with Crippen LogP contribution in [0, 0.1) is 20.2 Å². The number of amides is 2. The molecule has 2 N–H and O–H groups in total. The number of benzene rings is 4. The molecule has 43 heavy (non-hydrogen) atoms. The van der Waals surface area contributed by atoms with E-state index in [0.29, 0.717) is 28.9 Å². The van der Waals surface area contributed by atoms with Gasteiger partial charge in [-0.2, -0.15) is 0 Å². The van der Waals surface area contributed by atoms with Crippen LogP contribution in [-0.2, 0) is 15.9 Å². The summed E-state index contributed by atoms with van der Waals surface area (Å²) in [5, 5.41) is 27.7. The zero-order chi connectivity index (χ0) is 30.9. The Bertz CT molecular complexity index is 1500. The number of hydrogen-bond acceptors (Lipinski definition) is 8. The second-order valence-corrected chi connectivity index (χ2v) is 9.55. The molecule has 0 saturated carbocycles. The summed E-state index contributed by atoms with van der Waals surface area (Å²) in [5.74, 6) is 0. The van der Waals surface area contributed by atoms with Gasteiger partial charge in [-0.25, -0.2) is 9.59 Å². The van der Waals surface area contributed by atoms with E-state index < -0.39 is 34.2 Å². The fourth-order valence-corrected chi connectivity index (χ4v) is 4.39. The molecule has 4 aromatic rings. The summed E-state index contributed by atoms with van der Waals surface area (Å²) in [6.45, 7) is 3.13. The van der Waals surface area contributed by atoms with E-state index >= 15 is 0 Å². The minimum Gasteiger partial charge on any atom is -0.441 e. The van der Waals surface area contributed by atoms with Crippen molar-refractivity contribution in [2.24, 2.45) is 0 Å². The Labute approximate surface area is 246 Å². The lowest BCUT2D eigenvalue weighted by atomic mass is 10.0. The van der Waals surface area contributed by atoms with Gasteiger partial charge < -0.3 is 9.47 Å². The van der Waals surface area contributed by atoms with Crippen molar-refractivity contribution < 1.29 is 28.9 Å². The fourth-order valence-electron chi connectivity index (χ4n) is 4.39. The molecule has 0 radical (unpaired) electrons. The Morgan fingerprint density at radius 3 is 1.33 bits per heavy atom. The van der Waals surface area contributed by atoms with E-state index in [0.717, 1.165) is 11.1 Å². The summed E-state index contributed by atoms with van der Waals surface area (Å²) < 4.78 is 10.7. The monoisotopic (exact) mass is 584 g/mol. The minimum absolute atomic E-state index is 0.123. The third-order valence-electron chi connectivity index (χ3n) is 6.52. The van der Waals surface area contributed by atoms with E-state index in [4.69, 9.17) is 9.47 Å². The second-order valence-electron chi connectivity index (χ2n) is 9.55. The first kappa shape index (κ1) is 30.2. The normalized spacial score (nSPS) is 12.0. The number of carbonyl (C=O) groups is 2. The Hall–Kier alpha value is -5.78. The van der Waals surface area contributed by atoms with Gasteiger partial charge in [0, 0.05) is 23.5 Å². The van der Waals surface area contributed by atoms with Gasteiger partial charge in [0.2, 0.25) is 0 Å². The van der Waals surface area contributed by atoms with Crippen LogP contribution in [0.1, 0.15) is 48.3 Å². The van der Waals surface area contributed by atoms with Gasteiger partial charge in [0.15, 0.2) is 0 Å². The van der Waals surface area contributed by atoms with Gasteiger partial charge in [-0.15, -0.1) is 0 Å². The van der Waals surface area contributed by atoms with E-state index in [-0.39, 0.29) is 11.4 Å². The number of carbonyl (C=O) groups excluding carboxylic acids is 2. The lowest BCUT2D eigenvalue weighted by Gasteiger charge is -2.15. The van der Waals surface area contributed by atoms with Gasteiger partial charge in [-0.1, -0.05) is 48.5 Å². The van der Waals surface area contributed by atoms with Crippen LogP contribution in [0.3, 0.4) is 0 Å². The summed E-state index contributed by atoms with van der Waals surface area (Å²) in [4.78, 5) is 46.2. The van der Waals surface area contributed by atoms with Crippen LogP contribution in [0.25, 0.3) is 0 Å². The quantitative estimate of drug-likeness (QED) is 0.141. The molecular weight excluding hydrogens is 556 g/mol. The summed E-state index contributed by atoms with van der Waals surface area (Å²) in [5.41, 5.74) is 3.27. The van der Waals surface area contributed by atoms with E-state index in [1.165, 1.54) is 12.1 Å². The Balaban J connectivity index is 1.27. The number of nitro groups is 2. The van der Waals surface area contributed by atoms with Crippen LogP contribution in [0.4, 0.5) is 32.3 Å². The number of ether oxygens (including phenoxy) is 2. The van der Waals surface area contributed by atoms with Crippen molar-refractivity contribution in [3.05, 3.63) is 140 Å². The molecule has 0 bridgehead atoms. The number of nitrogens with zero attached hydrogens (tertiary/aromatic N) is 2. The van der Waals surface area contributed by atoms with Gasteiger partial charge in [0.1, 0.15) is 12.2 Å². The van der Waals surface area contributed by atoms with Gasteiger partial charge in [0.25, 0.3) is 11.4 Å². The van der Waals surface area contributed by atoms with Crippen LogP contribution in [0.15, 0.2) is 97.1 Å². The highest BCUT2D eigenvalue weighted by Crippen LogP contribution is 2.28. The van der Waals surface area contributed by atoms with Crippen molar-refractivity contribution in [3.63, 3.8) is 0 Å². The predicted molar refractivity (Wildman–Crippen MR) is 159 cm³/mol. The van der Waals surface area contributed by atoms with Crippen molar-refractivity contribution >= 4 is 34.9 Å². The van der Waals surface area contributed by atoms with Crippen LogP contribution >= 0.6 is 0 Å². The zero-order valence-electron chi connectivity index (χ0n) is 23.3. The molecule has 2 amide bonds. The Kier molecular flexibility index (Phi) is 9.63. The molecule has 12 heteroatoms. The lowest BCUT2D eigenvalue weighted by molar-refractivity contribution is -0.386. The van der Waals surface area contributed by atoms with Gasteiger partial charge in [-0.3, -0.25) is 30.9 Å². The maximum absolute atomic E-state index is 12.4. The molecule has 0 aliphatic rings. The number of nitro benzene ring substituents is 2. The molecule has 0 saturated heterocycles. The lowest BCUT2D eigenvalue weighted by Crippen LogP contribution is -2.16. The highest BCUT2D eigenvalue weighted by molar-refractivity contribution is 5.85. The topological polar surface area (TPSA) is 163 Å². The van der Waals surface area contributed by atoms with Crippen LogP contribution in [0.5, 0.6) is 0 Å². The maximum atomic E-state index is 12.4. The molecule has 0 spiro atoms. The summed E-state index contributed by atoms with van der Waals surface area (Å²) >= 11 is 0.